The smallest absolute Gasteiger partial charge is 0.179 e. The van der Waals surface area contributed by atoms with E-state index in [2.05, 4.69) is 11.6 Å². The van der Waals surface area contributed by atoms with Gasteiger partial charge in [0, 0.05) is 12.6 Å². The van der Waals surface area contributed by atoms with Crippen LogP contribution in [-0.2, 0) is 6.54 Å². The number of halogens is 1. The number of benzene rings is 1. The van der Waals surface area contributed by atoms with Crippen LogP contribution in [-0.4, -0.2) is 31.8 Å². The third kappa shape index (κ3) is 4.76. The predicted octanol–water partition coefficient (Wildman–Crippen LogP) is 3.73. The van der Waals surface area contributed by atoms with E-state index in [-0.39, 0.29) is 0 Å². The molecule has 0 heterocycles. The number of methoxy groups -OCH3 is 1. The van der Waals surface area contributed by atoms with Crippen molar-refractivity contribution in [1.82, 2.24) is 5.32 Å². The molecule has 5 heteroatoms. The van der Waals surface area contributed by atoms with Gasteiger partial charge in [-0.1, -0.05) is 11.6 Å². The summed E-state index contributed by atoms with van der Waals surface area (Å²) in [6.45, 7) is 1.49. The van der Waals surface area contributed by atoms with Gasteiger partial charge in [-0.3, -0.25) is 0 Å². The molecule has 1 saturated carbocycles. The Bertz CT molecular complexity index is 438. The van der Waals surface area contributed by atoms with Crippen molar-refractivity contribution in [3.63, 3.8) is 0 Å². The summed E-state index contributed by atoms with van der Waals surface area (Å²) in [4.78, 5) is 0. The highest BCUT2D eigenvalue weighted by molar-refractivity contribution is 7.98. The fourth-order valence-corrected chi connectivity index (χ4v) is 2.64. The van der Waals surface area contributed by atoms with Crippen LogP contribution in [0.3, 0.4) is 0 Å². The molecule has 1 aliphatic carbocycles. The van der Waals surface area contributed by atoms with Crippen molar-refractivity contribution in [2.24, 2.45) is 0 Å². The van der Waals surface area contributed by atoms with E-state index in [0.717, 1.165) is 24.3 Å². The summed E-state index contributed by atoms with van der Waals surface area (Å²) >= 11 is 8.14. The van der Waals surface area contributed by atoms with Crippen LogP contribution >= 0.6 is 23.4 Å². The molecule has 1 aliphatic rings. The van der Waals surface area contributed by atoms with Gasteiger partial charge in [-0.25, -0.2) is 0 Å². The van der Waals surface area contributed by atoms with E-state index in [0.29, 0.717) is 29.2 Å². The fraction of sp³-hybridized carbons (Fsp3) is 0.600. The minimum atomic E-state index is 0.626. The summed E-state index contributed by atoms with van der Waals surface area (Å²) in [6.07, 6.45) is 5.66. The van der Waals surface area contributed by atoms with E-state index in [1.807, 2.05) is 23.9 Å². The third-order valence-corrected chi connectivity index (χ3v) is 4.18. The number of hydrogen-bond donors (Lipinski definition) is 1. The molecule has 0 aromatic heterocycles. The zero-order valence-corrected chi connectivity index (χ0v) is 13.6. The Morgan fingerprint density at radius 2 is 2.20 bits per heavy atom. The molecule has 112 valence electrons. The molecular weight excluding hydrogens is 294 g/mol. The van der Waals surface area contributed by atoms with Gasteiger partial charge in [0.1, 0.15) is 0 Å². The normalized spacial score (nSPS) is 14.3. The Hall–Kier alpha value is -0.580. The summed E-state index contributed by atoms with van der Waals surface area (Å²) in [5.41, 5.74) is 1.13. The Morgan fingerprint density at radius 1 is 1.40 bits per heavy atom. The Morgan fingerprint density at radius 3 is 2.85 bits per heavy atom. The zero-order valence-electron chi connectivity index (χ0n) is 12.1. The molecule has 0 atom stereocenters. The zero-order chi connectivity index (χ0) is 14.4. The van der Waals surface area contributed by atoms with E-state index in [1.54, 1.807) is 7.11 Å². The number of thioether (sulfide) groups is 1. The Labute approximate surface area is 130 Å². The minimum absolute atomic E-state index is 0.626. The SMILES string of the molecule is COc1cc(CNC2CC2)cc(Cl)c1OCCCSC. The third-order valence-electron chi connectivity index (χ3n) is 3.20. The number of hydrogen-bond acceptors (Lipinski definition) is 4. The molecule has 0 radical (unpaired) electrons. The predicted molar refractivity (Wildman–Crippen MR) is 86.4 cm³/mol. The average Bonchev–Trinajstić information content (AvgIpc) is 3.26. The maximum absolute atomic E-state index is 6.32. The lowest BCUT2D eigenvalue weighted by molar-refractivity contribution is 0.295. The van der Waals surface area contributed by atoms with Crippen molar-refractivity contribution in [3.8, 4) is 11.5 Å². The second kappa shape index (κ2) is 8.01. The first-order valence-electron chi connectivity index (χ1n) is 6.96. The van der Waals surface area contributed by atoms with Gasteiger partial charge in [0.2, 0.25) is 0 Å². The topological polar surface area (TPSA) is 30.5 Å². The van der Waals surface area contributed by atoms with Crippen LogP contribution in [0, 0.1) is 0 Å². The van der Waals surface area contributed by atoms with E-state index >= 15 is 0 Å². The van der Waals surface area contributed by atoms with Crippen molar-refractivity contribution < 1.29 is 9.47 Å². The standard InChI is InChI=1S/C15H22ClNO2S/c1-18-14-9-11(10-17-12-4-5-12)8-13(16)15(14)19-6-3-7-20-2/h8-9,12,17H,3-7,10H2,1-2H3. The van der Waals surface area contributed by atoms with Crippen LogP contribution in [0.2, 0.25) is 5.02 Å². The van der Waals surface area contributed by atoms with Gasteiger partial charge < -0.3 is 14.8 Å². The Balaban J connectivity index is 1.98. The van der Waals surface area contributed by atoms with Gasteiger partial charge in [-0.05, 0) is 49.0 Å². The van der Waals surface area contributed by atoms with Crippen molar-refractivity contribution in [3.05, 3.63) is 22.7 Å². The summed E-state index contributed by atoms with van der Waals surface area (Å²) in [5.74, 6) is 2.46. The number of ether oxygens (including phenoxy) is 2. The molecule has 0 aliphatic heterocycles. The number of rotatable bonds is 9. The van der Waals surface area contributed by atoms with Crippen LogP contribution < -0.4 is 14.8 Å². The van der Waals surface area contributed by atoms with Gasteiger partial charge in [0.05, 0.1) is 18.7 Å². The molecule has 0 unspecified atom stereocenters. The van der Waals surface area contributed by atoms with E-state index < -0.39 is 0 Å². The first kappa shape index (κ1) is 15.8. The Kier molecular flexibility index (Phi) is 6.33. The van der Waals surface area contributed by atoms with Gasteiger partial charge in [-0.15, -0.1) is 0 Å². The van der Waals surface area contributed by atoms with Gasteiger partial charge in [0.15, 0.2) is 11.5 Å². The van der Waals surface area contributed by atoms with Crippen molar-refractivity contribution in [2.75, 3.05) is 25.7 Å². The monoisotopic (exact) mass is 315 g/mol. The lowest BCUT2D eigenvalue weighted by atomic mass is 10.2. The van der Waals surface area contributed by atoms with Crippen LogP contribution in [0.1, 0.15) is 24.8 Å². The molecule has 1 aromatic rings. The highest BCUT2D eigenvalue weighted by Crippen LogP contribution is 2.36. The molecule has 2 rings (SSSR count). The largest absolute Gasteiger partial charge is 0.493 e. The van der Waals surface area contributed by atoms with Gasteiger partial charge in [-0.2, -0.15) is 11.8 Å². The van der Waals surface area contributed by atoms with Crippen LogP contribution in [0.15, 0.2) is 12.1 Å². The first-order chi connectivity index (χ1) is 9.74. The van der Waals surface area contributed by atoms with Crippen molar-refractivity contribution in [1.29, 1.82) is 0 Å². The lowest BCUT2D eigenvalue weighted by Gasteiger charge is -2.14. The molecule has 1 fully saturated rings. The molecule has 0 spiro atoms. The average molecular weight is 316 g/mol. The minimum Gasteiger partial charge on any atom is -0.493 e. The van der Waals surface area contributed by atoms with Gasteiger partial charge in [0.25, 0.3) is 0 Å². The molecule has 1 N–H and O–H groups in total. The highest BCUT2D eigenvalue weighted by atomic mass is 35.5. The molecule has 0 saturated heterocycles. The lowest BCUT2D eigenvalue weighted by Crippen LogP contribution is -2.15. The second-order valence-corrected chi connectivity index (χ2v) is 6.35. The highest BCUT2D eigenvalue weighted by Gasteiger charge is 2.20. The molecular formula is C15H22ClNO2S. The summed E-state index contributed by atoms with van der Waals surface area (Å²) in [6, 6.07) is 4.65. The van der Waals surface area contributed by atoms with E-state index in [1.165, 1.54) is 12.8 Å². The molecule has 0 bridgehead atoms. The summed E-state index contributed by atoms with van der Waals surface area (Å²) < 4.78 is 11.2. The summed E-state index contributed by atoms with van der Waals surface area (Å²) in [5, 5.41) is 4.10. The van der Waals surface area contributed by atoms with Crippen LogP contribution in [0.25, 0.3) is 0 Å². The van der Waals surface area contributed by atoms with Crippen molar-refractivity contribution >= 4 is 23.4 Å². The maximum Gasteiger partial charge on any atom is 0.179 e. The van der Waals surface area contributed by atoms with Crippen molar-refractivity contribution in [2.45, 2.75) is 31.8 Å². The molecule has 3 nitrogen and oxygen atoms in total. The van der Waals surface area contributed by atoms with E-state index in [9.17, 15) is 0 Å². The van der Waals surface area contributed by atoms with E-state index in [4.69, 9.17) is 21.1 Å². The summed E-state index contributed by atoms with van der Waals surface area (Å²) in [7, 11) is 1.65. The first-order valence-corrected chi connectivity index (χ1v) is 8.73. The quantitative estimate of drug-likeness (QED) is 0.703. The molecule has 0 amide bonds. The fourth-order valence-electron chi connectivity index (χ4n) is 1.94. The maximum atomic E-state index is 6.32. The van der Waals surface area contributed by atoms with Crippen LogP contribution in [0.5, 0.6) is 11.5 Å². The molecule has 20 heavy (non-hydrogen) atoms. The van der Waals surface area contributed by atoms with Gasteiger partial charge >= 0.3 is 0 Å². The number of nitrogens with one attached hydrogen (secondary N) is 1. The second-order valence-electron chi connectivity index (χ2n) is 4.96. The van der Waals surface area contributed by atoms with Crippen LogP contribution in [0.4, 0.5) is 0 Å². The molecule has 1 aromatic carbocycles.